The first-order chi connectivity index (χ1) is 14.2. The van der Waals surface area contributed by atoms with Crippen molar-refractivity contribution in [3.63, 3.8) is 0 Å². The summed E-state index contributed by atoms with van der Waals surface area (Å²) in [4.78, 5) is 17.7. The van der Waals surface area contributed by atoms with Crippen LogP contribution in [-0.4, -0.2) is 10.9 Å². The van der Waals surface area contributed by atoms with Crippen molar-refractivity contribution in [1.29, 1.82) is 0 Å². The molecular formula is C22H17ClN2O3S. The van der Waals surface area contributed by atoms with Crippen LogP contribution >= 0.6 is 22.9 Å². The van der Waals surface area contributed by atoms with Gasteiger partial charge < -0.3 is 9.15 Å². The van der Waals surface area contributed by atoms with Crippen molar-refractivity contribution < 1.29 is 13.9 Å². The van der Waals surface area contributed by atoms with Crippen molar-refractivity contribution >= 4 is 34.0 Å². The Hall–Kier alpha value is -3.09. The lowest BCUT2D eigenvalue weighted by Crippen LogP contribution is -2.10. The molecule has 4 aromatic rings. The maximum atomic E-state index is 12.4. The maximum absolute atomic E-state index is 12.4. The minimum absolute atomic E-state index is 0.214. The summed E-state index contributed by atoms with van der Waals surface area (Å²) in [5, 5.41) is 4.01. The van der Waals surface area contributed by atoms with Gasteiger partial charge in [-0.3, -0.25) is 10.1 Å². The molecule has 0 aliphatic carbocycles. The smallest absolute Gasteiger partial charge is 0.293 e. The number of halogens is 1. The molecule has 29 heavy (non-hydrogen) atoms. The molecule has 0 radical (unpaired) electrons. The summed E-state index contributed by atoms with van der Waals surface area (Å²) in [5.41, 5.74) is 1.13. The van der Waals surface area contributed by atoms with Gasteiger partial charge in [-0.25, -0.2) is 4.98 Å². The number of hydrogen-bond acceptors (Lipinski definition) is 5. The molecule has 1 N–H and O–H groups in total. The molecule has 4 rings (SSSR count). The monoisotopic (exact) mass is 424 g/mol. The van der Waals surface area contributed by atoms with Gasteiger partial charge in [0.05, 0.1) is 0 Å². The number of anilines is 1. The van der Waals surface area contributed by atoms with Gasteiger partial charge in [-0.05, 0) is 42.0 Å². The lowest BCUT2D eigenvalue weighted by atomic mass is 10.1. The van der Waals surface area contributed by atoms with Crippen LogP contribution in [0.1, 0.15) is 26.8 Å². The van der Waals surface area contributed by atoms with Crippen LogP contribution in [0.2, 0.25) is 5.02 Å². The molecule has 5 nitrogen and oxygen atoms in total. The fourth-order valence-electron chi connectivity index (χ4n) is 2.66. The van der Waals surface area contributed by atoms with E-state index < -0.39 is 0 Å². The molecule has 0 atom stereocenters. The Kier molecular flexibility index (Phi) is 5.93. The number of ether oxygens (including phenoxy) is 1. The van der Waals surface area contributed by atoms with E-state index in [4.69, 9.17) is 20.8 Å². The third-order valence-corrected chi connectivity index (χ3v) is 5.24. The number of carbonyl (C=O) groups excluding carboxylic acids is 1. The van der Waals surface area contributed by atoms with Crippen molar-refractivity contribution in [3.05, 3.63) is 99.9 Å². The number of carbonyl (C=O) groups is 1. The summed E-state index contributed by atoms with van der Waals surface area (Å²) in [6, 6.07) is 20.4. The predicted molar refractivity (Wildman–Crippen MR) is 114 cm³/mol. The topological polar surface area (TPSA) is 64.4 Å². The van der Waals surface area contributed by atoms with Gasteiger partial charge in [0, 0.05) is 22.5 Å². The highest BCUT2D eigenvalue weighted by molar-refractivity contribution is 7.15. The van der Waals surface area contributed by atoms with Crippen molar-refractivity contribution in [2.75, 3.05) is 5.32 Å². The lowest BCUT2D eigenvalue weighted by molar-refractivity contribution is 0.0992. The Morgan fingerprint density at radius 3 is 2.66 bits per heavy atom. The Labute approximate surface area is 176 Å². The molecule has 2 aromatic heterocycles. The second-order valence-electron chi connectivity index (χ2n) is 6.26. The first-order valence-corrected chi connectivity index (χ1v) is 10.1. The van der Waals surface area contributed by atoms with Gasteiger partial charge in [-0.2, -0.15) is 0 Å². The molecule has 7 heteroatoms. The minimum atomic E-state index is -0.344. The van der Waals surface area contributed by atoms with E-state index in [1.807, 2.05) is 54.6 Å². The zero-order valence-electron chi connectivity index (χ0n) is 15.3. The molecule has 1 amide bonds. The average molecular weight is 425 g/mol. The third kappa shape index (κ3) is 5.25. The van der Waals surface area contributed by atoms with E-state index in [0.29, 0.717) is 15.9 Å². The number of para-hydroxylation sites is 1. The number of rotatable bonds is 7. The number of furan rings is 1. The van der Waals surface area contributed by atoms with Gasteiger partial charge in [0.15, 0.2) is 10.9 Å². The van der Waals surface area contributed by atoms with Crippen molar-refractivity contribution in [3.8, 4) is 5.75 Å². The van der Waals surface area contributed by atoms with Gasteiger partial charge in [0.25, 0.3) is 5.91 Å². The Balaban J connectivity index is 1.33. The normalized spacial score (nSPS) is 10.7. The van der Waals surface area contributed by atoms with Crippen LogP contribution in [0, 0.1) is 0 Å². The largest absolute Gasteiger partial charge is 0.486 e. The second-order valence-corrected chi connectivity index (χ2v) is 7.81. The van der Waals surface area contributed by atoms with Gasteiger partial charge >= 0.3 is 0 Å². The standard InChI is InChI=1S/C22H17ClN2O3S/c23-16-8-6-15(7-9-16)12-19-13-24-22(29-19)25-21(26)20-11-10-18(28-20)14-27-17-4-2-1-3-5-17/h1-11,13H,12,14H2,(H,24,25,26). The molecule has 0 bridgehead atoms. The van der Waals surface area contributed by atoms with Crippen LogP contribution in [0.15, 0.2) is 77.3 Å². The highest BCUT2D eigenvalue weighted by atomic mass is 35.5. The van der Waals surface area contributed by atoms with E-state index >= 15 is 0 Å². The number of benzene rings is 2. The van der Waals surface area contributed by atoms with Crippen LogP contribution in [0.3, 0.4) is 0 Å². The number of nitrogens with zero attached hydrogens (tertiary/aromatic N) is 1. The molecule has 0 spiro atoms. The summed E-state index contributed by atoms with van der Waals surface area (Å²) in [6.07, 6.45) is 2.49. The number of hydrogen-bond donors (Lipinski definition) is 1. The van der Waals surface area contributed by atoms with Crippen LogP contribution < -0.4 is 10.1 Å². The molecule has 0 aliphatic heterocycles. The molecule has 146 valence electrons. The Morgan fingerprint density at radius 2 is 1.86 bits per heavy atom. The van der Waals surface area contributed by atoms with Gasteiger partial charge in [0.2, 0.25) is 0 Å². The molecule has 2 aromatic carbocycles. The summed E-state index contributed by atoms with van der Waals surface area (Å²) in [6.45, 7) is 0.250. The SMILES string of the molecule is O=C(Nc1ncc(Cc2ccc(Cl)cc2)s1)c1ccc(COc2ccccc2)o1. The number of nitrogens with one attached hydrogen (secondary N) is 1. The Bertz CT molecular complexity index is 1090. The van der Waals surface area contributed by atoms with E-state index in [1.54, 1.807) is 18.3 Å². The maximum Gasteiger partial charge on any atom is 0.293 e. The number of amides is 1. The molecule has 0 unspecified atom stereocenters. The summed E-state index contributed by atoms with van der Waals surface area (Å²) >= 11 is 7.34. The van der Waals surface area contributed by atoms with E-state index in [0.717, 1.165) is 22.6 Å². The van der Waals surface area contributed by atoms with Crippen LogP contribution in [0.4, 0.5) is 5.13 Å². The molecule has 0 fully saturated rings. The first kappa shape index (κ1) is 19.2. The van der Waals surface area contributed by atoms with Crippen LogP contribution in [0.5, 0.6) is 5.75 Å². The minimum Gasteiger partial charge on any atom is -0.486 e. The van der Waals surface area contributed by atoms with E-state index in [2.05, 4.69) is 10.3 Å². The van der Waals surface area contributed by atoms with E-state index in [9.17, 15) is 4.79 Å². The average Bonchev–Trinajstić information content (AvgIpc) is 3.39. The van der Waals surface area contributed by atoms with Gasteiger partial charge in [0.1, 0.15) is 18.1 Å². The van der Waals surface area contributed by atoms with E-state index in [1.165, 1.54) is 11.3 Å². The second kappa shape index (κ2) is 8.94. The fourth-order valence-corrected chi connectivity index (χ4v) is 3.63. The zero-order chi connectivity index (χ0) is 20.1. The highest BCUT2D eigenvalue weighted by Gasteiger charge is 2.14. The third-order valence-electron chi connectivity index (χ3n) is 4.08. The quantitative estimate of drug-likeness (QED) is 0.406. The molecule has 0 saturated carbocycles. The van der Waals surface area contributed by atoms with Gasteiger partial charge in [-0.15, -0.1) is 11.3 Å². The zero-order valence-corrected chi connectivity index (χ0v) is 16.9. The first-order valence-electron chi connectivity index (χ1n) is 8.93. The molecular weight excluding hydrogens is 408 g/mol. The van der Waals surface area contributed by atoms with Crippen molar-refractivity contribution in [1.82, 2.24) is 4.98 Å². The fraction of sp³-hybridized carbons (Fsp3) is 0.0909. The summed E-state index contributed by atoms with van der Waals surface area (Å²) in [7, 11) is 0. The molecule has 2 heterocycles. The van der Waals surface area contributed by atoms with Crippen LogP contribution in [0.25, 0.3) is 0 Å². The van der Waals surface area contributed by atoms with Crippen molar-refractivity contribution in [2.45, 2.75) is 13.0 Å². The molecule has 0 saturated heterocycles. The number of aromatic nitrogens is 1. The lowest BCUT2D eigenvalue weighted by Gasteiger charge is -2.03. The Morgan fingerprint density at radius 1 is 1.07 bits per heavy atom. The van der Waals surface area contributed by atoms with Crippen molar-refractivity contribution in [2.24, 2.45) is 0 Å². The number of thiazole rings is 1. The highest BCUT2D eigenvalue weighted by Crippen LogP contribution is 2.23. The molecule has 0 aliphatic rings. The van der Waals surface area contributed by atoms with Gasteiger partial charge in [-0.1, -0.05) is 41.9 Å². The van der Waals surface area contributed by atoms with E-state index in [-0.39, 0.29) is 18.3 Å². The van der Waals surface area contributed by atoms with Crippen LogP contribution in [-0.2, 0) is 13.0 Å². The summed E-state index contributed by atoms with van der Waals surface area (Å²) in [5.74, 6) is 1.18. The predicted octanol–water partition coefficient (Wildman–Crippen LogP) is 5.81. The summed E-state index contributed by atoms with van der Waals surface area (Å²) < 4.78 is 11.2.